The number of amides is 1. The number of nitro benzene ring substituents is 2. The Hall–Kier alpha value is -5.31. The summed E-state index contributed by atoms with van der Waals surface area (Å²) in [4.78, 5) is 35.6. The molecule has 200 valence electrons. The van der Waals surface area contributed by atoms with Crippen LogP contribution in [0, 0.1) is 20.2 Å². The molecule has 0 radical (unpaired) electrons. The molecule has 0 aliphatic heterocycles. The van der Waals surface area contributed by atoms with Gasteiger partial charge in [-0.3, -0.25) is 25.0 Å². The summed E-state index contributed by atoms with van der Waals surface area (Å²) in [7, 11) is 0. The van der Waals surface area contributed by atoms with Crippen molar-refractivity contribution in [2.24, 2.45) is 0 Å². The molecule has 0 saturated heterocycles. The Bertz CT molecular complexity index is 1680. The Labute approximate surface area is 230 Å². The molecule has 0 aliphatic carbocycles. The summed E-state index contributed by atoms with van der Waals surface area (Å²) >= 11 is 0. The van der Waals surface area contributed by atoms with E-state index in [0.29, 0.717) is 29.6 Å². The van der Waals surface area contributed by atoms with Crippen molar-refractivity contribution in [1.82, 2.24) is 9.88 Å². The molecular formula is C31H26N4O5. The van der Waals surface area contributed by atoms with Gasteiger partial charge in [0.1, 0.15) is 0 Å². The maximum Gasteiger partial charge on any atom is 0.270 e. The van der Waals surface area contributed by atoms with Crippen molar-refractivity contribution in [3.63, 3.8) is 0 Å². The molecule has 0 unspecified atom stereocenters. The van der Waals surface area contributed by atoms with Crippen LogP contribution in [0.4, 0.5) is 11.4 Å². The summed E-state index contributed by atoms with van der Waals surface area (Å²) in [6.45, 7) is 0.847. The minimum atomic E-state index is -0.586. The summed E-state index contributed by atoms with van der Waals surface area (Å²) in [6.07, 6.45) is 1.90. The maximum atomic E-state index is 13.2. The van der Waals surface area contributed by atoms with E-state index < -0.39 is 15.8 Å². The SMILES string of the molecule is O=C(C[C@H](c1cccc([N+](=O)[O-])c1)c1cn(Cc2ccccc2)c2ccc([N+](=O)[O-])cc12)NCc1ccccc1. The lowest BCUT2D eigenvalue weighted by Gasteiger charge is -2.17. The molecule has 0 bridgehead atoms. The summed E-state index contributed by atoms with van der Waals surface area (Å²) in [5.74, 6) is -0.827. The zero-order valence-electron chi connectivity index (χ0n) is 21.5. The third-order valence-electron chi connectivity index (χ3n) is 6.88. The highest BCUT2D eigenvalue weighted by molar-refractivity contribution is 5.88. The van der Waals surface area contributed by atoms with Gasteiger partial charge < -0.3 is 9.88 Å². The van der Waals surface area contributed by atoms with Crippen LogP contribution in [0.5, 0.6) is 0 Å². The monoisotopic (exact) mass is 534 g/mol. The topological polar surface area (TPSA) is 120 Å². The van der Waals surface area contributed by atoms with Crippen molar-refractivity contribution in [2.45, 2.75) is 25.4 Å². The van der Waals surface area contributed by atoms with Crippen LogP contribution in [0.25, 0.3) is 10.9 Å². The number of carbonyl (C=O) groups is 1. The van der Waals surface area contributed by atoms with Gasteiger partial charge in [-0.25, -0.2) is 0 Å². The quantitative estimate of drug-likeness (QED) is 0.165. The van der Waals surface area contributed by atoms with Gasteiger partial charge in [-0.05, 0) is 28.3 Å². The van der Waals surface area contributed by atoms with Gasteiger partial charge >= 0.3 is 0 Å². The molecule has 5 aromatic rings. The van der Waals surface area contributed by atoms with Crippen LogP contribution < -0.4 is 5.32 Å². The zero-order valence-corrected chi connectivity index (χ0v) is 21.5. The second-order valence-electron chi connectivity index (χ2n) is 9.53. The first-order valence-electron chi connectivity index (χ1n) is 12.7. The smallest absolute Gasteiger partial charge is 0.270 e. The fourth-order valence-corrected chi connectivity index (χ4v) is 4.93. The lowest BCUT2D eigenvalue weighted by atomic mass is 9.87. The molecular weight excluding hydrogens is 508 g/mol. The number of aromatic nitrogens is 1. The standard InChI is InChI=1S/C31H26N4O5/c36-31(32-19-22-8-3-1-4-9-22)18-27(24-12-7-13-25(16-24)34(37)38)29-21-33(20-23-10-5-2-6-11-23)30-15-14-26(35(39)40)17-28(29)30/h1-17,21,27H,18-20H2,(H,32,36)/t27-/m1/s1. The second kappa shape index (κ2) is 11.6. The highest BCUT2D eigenvalue weighted by atomic mass is 16.6. The number of nitrogens with zero attached hydrogens (tertiary/aromatic N) is 3. The Kier molecular flexibility index (Phi) is 7.63. The number of nitrogens with one attached hydrogen (secondary N) is 1. The van der Waals surface area contributed by atoms with E-state index in [1.165, 1.54) is 24.3 Å². The van der Waals surface area contributed by atoms with E-state index >= 15 is 0 Å². The Morgan fingerprint density at radius 3 is 2.10 bits per heavy atom. The van der Waals surface area contributed by atoms with Crippen molar-refractivity contribution in [1.29, 1.82) is 0 Å². The minimum absolute atomic E-state index is 0.00113. The molecule has 0 aliphatic rings. The van der Waals surface area contributed by atoms with E-state index in [0.717, 1.165) is 16.6 Å². The number of rotatable bonds is 10. The Balaban J connectivity index is 1.59. The summed E-state index contributed by atoms with van der Waals surface area (Å²) in [5.41, 5.74) is 3.85. The van der Waals surface area contributed by atoms with E-state index in [-0.39, 0.29) is 23.7 Å². The van der Waals surface area contributed by atoms with E-state index in [2.05, 4.69) is 5.32 Å². The summed E-state index contributed by atoms with van der Waals surface area (Å²) in [5, 5.41) is 26.8. The van der Waals surface area contributed by atoms with Gasteiger partial charge in [0.2, 0.25) is 5.91 Å². The van der Waals surface area contributed by atoms with Crippen LogP contribution in [0.15, 0.2) is 109 Å². The molecule has 1 atom stereocenters. The molecule has 0 fully saturated rings. The van der Waals surface area contributed by atoms with E-state index in [9.17, 15) is 25.0 Å². The van der Waals surface area contributed by atoms with Crippen LogP contribution in [0.1, 0.15) is 34.6 Å². The highest BCUT2D eigenvalue weighted by Crippen LogP contribution is 2.37. The number of carbonyl (C=O) groups excluding carboxylic acids is 1. The maximum absolute atomic E-state index is 13.2. The van der Waals surface area contributed by atoms with Crippen LogP contribution in [-0.4, -0.2) is 20.3 Å². The first-order chi connectivity index (χ1) is 19.4. The molecule has 9 nitrogen and oxygen atoms in total. The van der Waals surface area contributed by atoms with Crippen molar-refractivity contribution in [3.05, 3.63) is 152 Å². The largest absolute Gasteiger partial charge is 0.352 e. The van der Waals surface area contributed by atoms with Gasteiger partial charge in [-0.2, -0.15) is 0 Å². The molecule has 1 N–H and O–H groups in total. The lowest BCUT2D eigenvalue weighted by Crippen LogP contribution is -2.25. The average Bonchev–Trinajstić information content (AvgIpc) is 3.33. The number of non-ortho nitro benzene ring substituents is 2. The molecule has 1 aromatic heterocycles. The van der Waals surface area contributed by atoms with Gasteiger partial charge in [0.05, 0.1) is 9.85 Å². The molecule has 9 heteroatoms. The van der Waals surface area contributed by atoms with Gasteiger partial charge in [-0.15, -0.1) is 0 Å². The predicted octanol–water partition coefficient (Wildman–Crippen LogP) is 6.34. The number of hydrogen-bond acceptors (Lipinski definition) is 5. The second-order valence-corrected chi connectivity index (χ2v) is 9.53. The molecule has 1 amide bonds. The molecule has 40 heavy (non-hydrogen) atoms. The third kappa shape index (κ3) is 5.88. The highest BCUT2D eigenvalue weighted by Gasteiger charge is 2.25. The Morgan fingerprint density at radius 2 is 1.43 bits per heavy atom. The first kappa shape index (κ1) is 26.3. The van der Waals surface area contributed by atoms with Crippen molar-refractivity contribution < 1.29 is 14.6 Å². The average molecular weight is 535 g/mol. The predicted molar refractivity (Wildman–Crippen MR) is 152 cm³/mol. The van der Waals surface area contributed by atoms with E-state index in [1.54, 1.807) is 18.2 Å². The summed E-state index contributed by atoms with van der Waals surface area (Å²) in [6, 6.07) is 30.2. The number of fused-ring (bicyclic) bond motifs is 1. The first-order valence-corrected chi connectivity index (χ1v) is 12.7. The zero-order chi connectivity index (χ0) is 28.1. The van der Waals surface area contributed by atoms with Crippen molar-refractivity contribution in [2.75, 3.05) is 0 Å². The normalized spacial score (nSPS) is 11.7. The van der Waals surface area contributed by atoms with Crippen molar-refractivity contribution >= 4 is 28.2 Å². The fraction of sp³-hybridized carbons (Fsp3) is 0.129. The van der Waals surface area contributed by atoms with Gasteiger partial charge in [-0.1, -0.05) is 72.8 Å². The fourth-order valence-electron chi connectivity index (χ4n) is 4.93. The van der Waals surface area contributed by atoms with Crippen molar-refractivity contribution in [3.8, 4) is 0 Å². The summed E-state index contributed by atoms with van der Waals surface area (Å²) < 4.78 is 2.00. The van der Waals surface area contributed by atoms with Gasteiger partial charge in [0.25, 0.3) is 11.4 Å². The van der Waals surface area contributed by atoms with Gasteiger partial charge in [0, 0.05) is 66.8 Å². The number of nitro groups is 2. The molecule has 0 saturated carbocycles. The van der Waals surface area contributed by atoms with Gasteiger partial charge in [0.15, 0.2) is 0 Å². The Morgan fingerprint density at radius 1 is 0.775 bits per heavy atom. The third-order valence-corrected chi connectivity index (χ3v) is 6.88. The van der Waals surface area contributed by atoms with E-state index in [1.807, 2.05) is 71.4 Å². The van der Waals surface area contributed by atoms with Crippen LogP contribution in [-0.2, 0) is 17.9 Å². The number of hydrogen-bond donors (Lipinski definition) is 1. The molecule has 0 spiro atoms. The number of benzene rings is 4. The molecule has 1 heterocycles. The van der Waals surface area contributed by atoms with Crippen LogP contribution in [0.3, 0.4) is 0 Å². The molecule has 5 rings (SSSR count). The lowest BCUT2D eigenvalue weighted by molar-refractivity contribution is -0.385. The van der Waals surface area contributed by atoms with E-state index in [4.69, 9.17) is 0 Å². The van der Waals surface area contributed by atoms with Crippen LogP contribution >= 0.6 is 0 Å². The minimum Gasteiger partial charge on any atom is -0.352 e. The molecule has 4 aromatic carbocycles. The van der Waals surface area contributed by atoms with Crippen LogP contribution in [0.2, 0.25) is 0 Å².